The van der Waals surface area contributed by atoms with E-state index in [0.29, 0.717) is 18.4 Å². The fraction of sp³-hybridized carbons (Fsp3) is 0.231. The number of aromatic nitrogens is 1. The molecular weight excluding hydrogens is 237 g/mol. The summed E-state index contributed by atoms with van der Waals surface area (Å²) < 4.78 is 13.4. The van der Waals surface area contributed by atoms with Gasteiger partial charge in [-0.15, -0.1) is 11.3 Å². The van der Waals surface area contributed by atoms with Gasteiger partial charge >= 0.3 is 0 Å². The molecule has 2 nitrogen and oxygen atoms in total. The Hall–Kier alpha value is -1.55. The van der Waals surface area contributed by atoms with Crippen molar-refractivity contribution in [2.45, 2.75) is 19.8 Å². The molecule has 1 aromatic carbocycles. The molecule has 0 fully saturated rings. The molecule has 2 rings (SSSR count). The van der Waals surface area contributed by atoms with E-state index in [0.717, 1.165) is 10.7 Å². The van der Waals surface area contributed by atoms with Crippen molar-refractivity contribution in [3.63, 3.8) is 0 Å². The van der Waals surface area contributed by atoms with Crippen molar-refractivity contribution >= 4 is 17.1 Å². The maximum Gasteiger partial charge on any atom is 0.135 e. The van der Waals surface area contributed by atoms with Gasteiger partial charge in [0, 0.05) is 18.2 Å². The monoisotopic (exact) mass is 249 g/mol. The lowest BCUT2D eigenvalue weighted by Gasteiger charge is -1.99. The minimum Gasteiger partial charge on any atom is -0.300 e. The molecular formula is C13H12FNOS. The van der Waals surface area contributed by atoms with Gasteiger partial charge in [0.2, 0.25) is 0 Å². The minimum absolute atomic E-state index is 0.0905. The Morgan fingerprint density at radius 3 is 2.88 bits per heavy atom. The Bertz CT molecular complexity index is 536. The fourth-order valence-electron chi connectivity index (χ4n) is 1.57. The number of halogens is 1. The maximum absolute atomic E-state index is 13.4. The van der Waals surface area contributed by atoms with Crippen LogP contribution in [0.3, 0.4) is 0 Å². The van der Waals surface area contributed by atoms with E-state index in [1.54, 1.807) is 12.1 Å². The van der Waals surface area contributed by atoms with Crippen LogP contribution in [0.4, 0.5) is 4.39 Å². The van der Waals surface area contributed by atoms with Crippen molar-refractivity contribution < 1.29 is 9.18 Å². The Labute approximate surface area is 103 Å². The van der Waals surface area contributed by atoms with Crippen LogP contribution < -0.4 is 0 Å². The Morgan fingerprint density at radius 1 is 1.41 bits per heavy atom. The third-order valence-electron chi connectivity index (χ3n) is 2.33. The first-order chi connectivity index (χ1) is 8.15. The lowest BCUT2D eigenvalue weighted by molar-refractivity contribution is -0.116. The van der Waals surface area contributed by atoms with Crippen molar-refractivity contribution in [1.82, 2.24) is 4.98 Å². The third-order valence-corrected chi connectivity index (χ3v) is 3.23. The predicted molar refractivity (Wildman–Crippen MR) is 65.7 cm³/mol. The van der Waals surface area contributed by atoms with Crippen LogP contribution in [0.1, 0.15) is 23.2 Å². The number of carbonyl (C=O) groups excluding carboxylic acids is 1. The third kappa shape index (κ3) is 3.20. The minimum atomic E-state index is -0.212. The summed E-state index contributed by atoms with van der Waals surface area (Å²) in [6, 6.07) is 6.67. The second-order valence-electron chi connectivity index (χ2n) is 3.88. The molecule has 0 radical (unpaired) electrons. The molecule has 88 valence electrons. The molecule has 1 aromatic heterocycles. The number of thiazole rings is 1. The second-order valence-corrected chi connectivity index (χ2v) is 4.82. The van der Waals surface area contributed by atoms with E-state index in [2.05, 4.69) is 4.98 Å². The molecule has 0 saturated carbocycles. The van der Waals surface area contributed by atoms with Gasteiger partial charge in [-0.3, -0.25) is 4.79 Å². The Kier molecular flexibility index (Phi) is 3.64. The number of nitrogens with zero attached hydrogens (tertiary/aromatic N) is 1. The van der Waals surface area contributed by atoms with Gasteiger partial charge in [0.25, 0.3) is 0 Å². The summed E-state index contributed by atoms with van der Waals surface area (Å²) in [4.78, 5) is 15.3. The van der Waals surface area contributed by atoms with Crippen LogP contribution in [0.2, 0.25) is 0 Å². The molecule has 0 atom stereocenters. The van der Waals surface area contributed by atoms with Crippen LogP contribution in [-0.4, -0.2) is 10.8 Å². The van der Waals surface area contributed by atoms with Gasteiger partial charge in [-0.05, 0) is 18.6 Å². The molecule has 0 amide bonds. The average molecular weight is 249 g/mol. The van der Waals surface area contributed by atoms with E-state index in [1.807, 2.05) is 11.4 Å². The van der Waals surface area contributed by atoms with Gasteiger partial charge < -0.3 is 0 Å². The zero-order chi connectivity index (χ0) is 12.3. The van der Waals surface area contributed by atoms with Gasteiger partial charge in [-0.1, -0.05) is 18.2 Å². The standard InChI is InChI=1S/C13H12FNOS/c1-9(16)6-11-8-17-13(15-11)7-10-4-2-3-5-12(10)14/h2-5,8H,6-7H2,1H3. The molecule has 0 aliphatic carbocycles. The Morgan fingerprint density at radius 2 is 2.18 bits per heavy atom. The highest BCUT2D eigenvalue weighted by atomic mass is 32.1. The first-order valence-corrected chi connectivity index (χ1v) is 6.19. The van der Waals surface area contributed by atoms with Gasteiger partial charge in [0.15, 0.2) is 0 Å². The first kappa shape index (κ1) is 11.9. The summed E-state index contributed by atoms with van der Waals surface area (Å²) in [5.74, 6) is -0.122. The SMILES string of the molecule is CC(=O)Cc1csc(Cc2ccccc2F)n1. The van der Waals surface area contributed by atoms with Crippen LogP contribution in [0, 0.1) is 5.82 Å². The maximum atomic E-state index is 13.4. The lowest BCUT2D eigenvalue weighted by atomic mass is 10.1. The number of Topliss-reactive ketones (excluding diaryl/α,β-unsaturated/α-hetero) is 1. The molecule has 2 aromatic rings. The highest BCUT2D eigenvalue weighted by molar-refractivity contribution is 7.09. The van der Waals surface area contributed by atoms with Crippen molar-refractivity contribution in [3.05, 3.63) is 51.7 Å². The van der Waals surface area contributed by atoms with E-state index in [-0.39, 0.29) is 11.6 Å². The number of carbonyl (C=O) groups is 1. The normalized spacial score (nSPS) is 10.5. The van der Waals surface area contributed by atoms with Crippen LogP contribution in [-0.2, 0) is 17.6 Å². The molecule has 0 aliphatic heterocycles. The number of hydrogen-bond acceptors (Lipinski definition) is 3. The molecule has 0 unspecified atom stereocenters. The van der Waals surface area contributed by atoms with Gasteiger partial charge in [-0.25, -0.2) is 9.37 Å². The van der Waals surface area contributed by atoms with E-state index in [9.17, 15) is 9.18 Å². The van der Waals surface area contributed by atoms with Crippen LogP contribution >= 0.6 is 11.3 Å². The van der Waals surface area contributed by atoms with Crippen molar-refractivity contribution in [1.29, 1.82) is 0 Å². The van der Waals surface area contributed by atoms with E-state index in [4.69, 9.17) is 0 Å². The molecule has 17 heavy (non-hydrogen) atoms. The molecule has 0 aliphatic rings. The second kappa shape index (κ2) is 5.19. The largest absolute Gasteiger partial charge is 0.300 e. The van der Waals surface area contributed by atoms with Gasteiger partial charge in [0.05, 0.1) is 10.7 Å². The molecule has 0 saturated heterocycles. The number of ketones is 1. The first-order valence-electron chi connectivity index (χ1n) is 5.31. The number of rotatable bonds is 4. The van der Waals surface area contributed by atoms with Crippen LogP contribution in [0.15, 0.2) is 29.6 Å². The molecule has 4 heteroatoms. The van der Waals surface area contributed by atoms with E-state index in [1.165, 1.54) is 24.3 Å². The van der Waals surface area contributed by atoms with Crippen molar-refractivity contribution in [3.8, 4) is 0 Å². The van der Waals surface area contributed by atoms with Crippen LogP contribution in [0.5, 0.6) is 0 Å². The summed E-state index contributed by atoms with van der Waals surface area (Å²) in [6.07, 6.45) is 0.836. The van der Waals surface area contributed by atoms with Gasteiger partial charge in [0.1, 0.15) is 11.6 Å². The highest BCUT2D eigenvalue weighted by Crippen LogP contribution is 2.17. The zero-order valence-electron chi connectivity index (χ0n) is 9.44. The number of benzene rings is 1. The predicted octanol–water partition coefficient (Wildman–Crippen LogP) is 3.00. The lowest BCUT2D eigenvalue weighted by Crippen LogP contribution is -1.97. The summed E-state index contributed by atoms with van der Waals surface area (Å²) in [5.41, 5.74) is 1.41. The molecule has 0 bridgehead atoms. The smallest absolute Gasteiger partial charge is 0.135 e. The molecule has 0 spiro atoms. The average Bonchev–Trinajstić information content (AvgIpc) is 2.68. The molecule has 1 heterocycles. The quantitative estimate of drug-likeness (QED) is 0.833. The van der Waals surface area contributed by atoms with E-state index >= 15 is 0 Å². The zero-order valence-corrected chi connectivity index (χ0v) is 10.3. The topological polar surface area (TPSA) is 30.0 Å². The highest BCUT2D eigenvalue weighted by Gasteiger charge is 2.07. The summed E-state index contributed by atoms with van der Waals surface area (Å²) >= 11 is 1.47. The molecule has 0 N–H and O–H groups in total. The fourth-order valence-corrected chi connectivity index (χ4v) is 2.39. The summed E-state index contributed by atoms with van der Waals surface area (Å²) in [5, 5.41) is 2.70. The van der Waals surface area contributed by atoms with E-state index < -0.39 is 0 Å². The summed E-state index contributed by atoms with van der Waals surface area (Å²) in [6.45, 7) is 1.54. The van der Waals surface area contributed by atoms with Crippen molar-refractivity contribution in [2.75, 3.05) is 0 Å². The summed E-state index contributed by atoms with van der Waals surface area (Å²) in [7, 11) is 0. The van der Waals surface area contributed by atoms with Crippen molar-refractivity contribution in [2.24, 2.45) is 0 Å². The van der Waals surface area contributed by atoms with Gasteiger partial charge in [-0.2, -0.15) is 0 Å². The Balaban J connectivity index is 2.12. The van der Waals surface area contributed by atoms with Crippen LogP contribution in [0.25, 0.3) is 0 Å². The number of hydrogen-bond donors (Lipinski definition) is 0.